The second-order valence-electron chi connectivity index (χ2n) is 4.38. The molecule has 0 aromatic carbocycles. The number of aryl methyl sites for hydroxylation is 1. The van der Waals surface area contributed by atoms with E-state index in [1.807, 2.05) is 42.9 Å². The standard InChI is InChI=1S/C15H14N4S/c1-11-12(4-3-7-17-11)9-18-15-19-14(10-20-15)13-5-2-6-16-8-13/h2-8,10H,9H2,1H3,(H,18,19). The van der Waals surface area contributed by atoms with E-state index in [4.69, 9.17) is 0 Å². The van der Waals surface area contributed by atoms with Gasteiger partial charge in [-0.2, -0.15) is 0 Å². The molecule has 0 radical (unpaired) electrons. The third-order valence-corrected chi connectivity index (χ3v) is 3.81. The first-order chi connectivity index (χ1) is 9.83. The molecule has 0 aliphatic carbocycles. The Bertz CT molecular complexity index is 694. The monoisotopic (exact) mass is 282 g/mol. The molecule has 1 N–H and O–H groups in total. The zero-order chi connectivity index (χ0) is 13.8. The first-order valence-corrected chi connectivity index (χ1v) is 7.21. The van der Waals surface area contributed by atoms with E-state index in [1.54, 1.807) is 17.5 Å². The van der Waals surface area contributed by atoms with Crippen molar-refractivity contribution in [2.45, 2.75) is 13.5 Å². The average Bonchev–Trinajstić information content (AvgIpc) is 2.96. The van der Waals surface area contributed by atoms with Gasteiger partial charge < -0.3 is 5.32 Å². The molecule has 0 fully saturated rings. The molecule has 3 rings (SSSR count). The molecule has 5 heteroatoms. The number of rotatable bonds is 4. The summed E-state index contributed by atoms with van der Waals surface area (Å²) in [6, 6.07) is 7.95. The van der Waals surface area contributed by atoms with Crippen LogP contribution in [0.15, 0.2) is 48.2 Å². The van der Waals surface area contributed by atoms with Crippen LogP contribution >= 0.6 is 11.3 Å². The lowest BCUT2D eigenvalue weighted by molar-refractivity contribution is 1.05. The van der Waals surface area contributed by atoms with Gasteiger partial charge >= 0.3 is 0 Å². The smallest absolute Gasteiger partial charge is 0.183 e. The molecule has 0 saturated carbocycles. The van der Waals surface area contributed by atoms with E-state index < -0.39 is 0 Å². The molecule has 100 valence electrons. The quantitative estimate of drug-likeness (QED) is 0.795. The highest BCUT2D eigenvalue weighted by Gasteiger charge is 2.05. The molecule has 3 aromatic rings. The minimum Gasteiger partial charge on any atom is -0.357 e. The number of aromatic nitrogens is 3. The summed E-state index contributed by atoms with van der Waals surface area (Å²) < 4.78 is 0. The summed E-state index contributed by atoms with van der Waals surface area (Å²) in [6.07, 6.45) is 5.40. The van der Waals surface area contributed by atoms with Crippen molar-refractivity contribution in [1.82, 2.24) is 15.0 Å². The Balaban J connectivity index is 1.71. The third-order valence-electron chi connectivity index (χ3n) is 3.01. The van der Waals surface area contributed by atoms with Gasteiger partial charge in [-0.05, 0) is 30.7 Å². The SMILES string of the molecule is Cc1ncccc1CNc1nc(-c2cccnc2)cs1. The molecule has 3 aromatic heterocycles. The summed E-state index contributed by atoms with van der Waals surface area (Å²) in [5.74, 6) is 0. The number of thiazole rings is 1. The Morgan fingerprint density at radius 1 is 1.20 bits per heavy atom. The van der Waals surface area contributed by atoms with Crippen molar-refractivity contribution in [3.8, 4) is 11.3 Å². The Labute approximate surface area is 121 Å². The van der Waals surface area contributed by atoms with E-state index in [9.17, 15) is 0 Å². The predicted octanol–water partition coefficient (Wildman–Crippen LogP) is 3.52. The van der Waals surface area contributed by atoms with Crippen molar-refractivity contribution in [3.05, 3.63) is 59.5 Å². The molecule has 0 aliphatic rings. The van der Waals surface area contributed by atoms with Crippen LogP contribution in [0.5, 0.6) is 0 Å². The molecule has 0 bridgehead atoms. The summed E-state index contributed by atoms with van der Waals surface area (Å²) in [6.45, 7) is 2.75. The van der Waals surface area contributed by atoms with Crippen LogP contribution in [0.1, 0.15) is 11.3 Å². The predicted molar refractivity (Wildman–Crippen MR) is 81.6 cm³/mol. The van der Waals surface area contributed by atoms with E-state index in [2.05, 4.69) is 26.3 Å². The lowest BCUT2D eigenvalue weighted by atomic mass is 10.2. The van der Waals surface area contributed by atoms with E-state index in [0.717, 1.165) is 28.6 Å². The van der Waals surface area contributed by atoms with Crippen LogP contribution < -0.4 is 5.32 Å². The summed E-state index contributed by atoms with van der Waals surface area (Å²) in [5, 5.41) is 6.29. The maximum atomic E-state index is 4.57. The molecular formula is C15H14N4S. The largest absolute Gasteiger partial charge is 0.357 e. The molecule has 0 unspecified atom stereocenters. The zero-order valence-corrected chi connectivity index (χ0v) is 11.9. The number of hydrogen-bond acceptors (Lipinski definition) is 5. The maximum absolute atomic E-state index is 4.57. The van der Waals surface area contributed by atoms with Crippen LogP contribution in [0.3, 0.4) is 0 Å². The van der Waals surface area contributed by atoms with Crippen LogP contribution in [-0.4, -0.2) is 15.0 Å². The molecule has 3 heterocycles. The van der Waals surface area contributed by atoms with E-state index in [1.165, 1.54) is 5.56 Å². The van der Waals surface area contributed by atoms with Crippen molar-refractivity contribution in [2.75, 3.05) is 5.32 Å². The molecule has 20 heavy (non-hydrogen) atoms. The van der Waals surface area contributed by atoms with Crippen molar-refractivity contribution in [3.63, 3.8) is 0 Å². The minimum absolute atomic E-state index is 0.736. The Morgan fingerprint density at radius 2 is 2.10 bits per heavy atom. The van der Waals surface area contributed by atoms with Gasteiger partial charge in [-0.15, -0.1) is 11.3 Å². The van der Waals surface area contributed by atoms with Crippen LogP contribution in [0.2, 0.25) is 0 Å². The first kappa shape index (κ1) is 12.7. The molecule has 0 amide bonds. The third kappa shape index (κ3) is 2.83. The van der Waals surface area contributed by atoms with Crippen molar-refractivity contribution < 1.29 is 0 Å². The topological polar surface area (TPSA) is 50.7 Å². The lowest BCUT2D eigenvalue weighted by Gasteiger charge is -2.05. The fourth-order valence-electron chi connectivity index (χ4n) is 1.88. The molecule has 0 saturated heterocycles. The van der Waals surface area contributed by atoms with Gasteiger partial charge in [-0.3, -0.25) is 9.97 Å². The van der Waals surface area contributed by atoms with Crippen LogP contribution in [0.25, 0.3) is 11.3 Å². The molecule has 4 nitrogen and oxygen atoms in total. The number of pyridine rings is 2. The van der Waals surface area contributed by atoms with Gasteiger partial charge in [0.1, 0.15) is 0 Å². The summed E-state index contributed by atoms with van der Waals surface area (Å²) >= 11 is 1.60. The number of hydrogen-bond donors (Lipinski definition) is 1. The van der Waals surface area contributed by atoms with Crippen molar-refractivity contribution in [2.24, 2.45) is 0 Å². The fourth-order valence-corrected chi connectivity index (χ4v) is 2.60. The molecule has 0 aliphatic heterocycles. The second-order valence-corrected chi connectivity index (χ2v) is 5.24. The van der Waals surface area contributed by atoms with Crippen molar-refractivity contribution >= 4 is 16.5 Å². The molecule has 0 atom stereocenters. The van der Waals surface area contributed by atoms with Gasteiger partial charge in [0.05, 0.1) is 5.69 Å². The highest BCUT2D eigenvalue weighted by atomic mass is 32.1. The summed E-state index contributed by atoms with van der Waals surface area (Å²) in [7, 11) is 0. The molecular weight excluding hydrogens is 268 g/mol. The van der Waals surface area contributed by atoms with E-state index in [-0.39, 0.29) is 0 Å². The Kier molecular flexibility index (Phi) is 3.69. The minimum atomic E-state index is 0.736. The van der Waals surface area contributed by atoms with Crippen LogP contribution in [0, 0.1) is 6.92 Å². The normalized spacial score (nSPS) is 10.4. The van der Waals surface area contributed by atoms with Gasteiger partial charge in [0.2, 0.25) is 0 Å². The zero-order valence-electron chi connectivity index (χ0n) is 11.1. The number of nitrogens with one attached hydrogen (secondary N) is 1. The summed E-state index contributed by atoms with van der Waals surface area (Å²) in [5.41, 5.74) is 4.22. The summed E-state index contributed by atoms with van der Waals surface area (Å²) in [4.78, 5) is 13.0. The first-order valence-electron chi connectivity index (χ1n) is 6.33. The van der Waals surface area contributed by atoms with E-state index >= 15 is 0 Å². The highest BCUT2D eigenvalue weighted by Crippen LogP contribution is 2.24. The average molecular weight is 282 g/mol. The van der Waals surface area contributed by atoms with Crippen LogP contribution in [0.4, 0.5) is 5.13 Å². The van der Waals surface area contributed by atoms with Crippen LogP contribution in [-0.2, 0) is 6.54 Å². The lowest BCUT2D eigenvalue weighted by Crippen LogP contribution is -2.01. The van der Waals surface area contributed by atoms with Gasteiger partial charge in [0.25, 0.3) is 0 Å². The Morgan fingerprint density at radius 3 is 2.90 bits per heavy atom. The maximum Gasteiger partial charge on any atom is 0.183 e. The van der Waals surface area contributed by atoms with Gasteiger partial charge in [0.15, 0.2) is 5.13 Å². The molecule has 0 spiro atoms. The second kappa shape index (κ2) is 5.79. The Hall–Kier alpha value is -2.27. The van der Waals surface area contributed by atoms with Gasteiger partial charge in [0, 0.05) is 41.8 Å². The fraction of sp³-hybridized carbons (Fsp3) is 0.133. The van der Waals surface area contributed by atoms with Gasteiger partial charge in [-0.1, -0.05) is 6.07 Å². The highest BCUT2D eigenvalue weighted by molar-refractivity contribution is 7.14. The van der Waals surface area contributed by atoms with Crippen molar-refractivity contribution in [1.29, 1.82) is 0 Å². The number of anilines is 1. The van der Waals surface area contributed by atoms with E-state index in [0.29, 0.717) is 0 Å². The van der Waals surface area contributed by atoms with Gasteiger partial charge in [-0.25, -0.2) is 4.98 Å². The number of nitrogens with zero attached hydrogens (tertiary/aromatic N) is 3.